The predicted octanol–water partition coefficient (Wildman–Crippen LogP) is -6.35. The molecule has 1 fully saturated rings. The first-order valence-electron chi connectivity index (χ1n) is 20.8. The Hall–Kier alpha value is -6.56. The van der Waals surface area contributed by atoms with Gasteiger partial charge in [0.15, 0.2) is 0 Å². The van der Waals surface area contributed by atoms with E-state index in [1.165, 1.54) is 13.8 Å². The van der Waals surface area contributed by atoms with E-state index in [0.29, 0.717) is 24.1 Å². The van der Waals surface area contributed by atoms with E-state index in [0.717, 1.165) is 21.6 Å². The highest BCUT2D eigenvalue weighted by Crippen LogP contribution is 2.24. The van der Waals surface area contributed by atoms with Crippen molar-refractivity contribution in [2.24, 2.45) is 22.9 Å². The summed E-state index contributed by atoms with van der Waals surface area (Å²) in [6.07, 6.45) is 0.729. The van der Waals surface area contributed by atoms with Crippen LogP contribution in [0, 0.1) is 0 Å². The summed E-state index contributed by atoms with van der Waals surface area (Å²) in [7, 11) is 2.00. The van der Waals surface area contributed by atoms with Gasteiger partial charge in [0, 0.05) is 31.3 Å². The van der Waals surface area contributed by atoms with Crippen molar-refractivity contribution in [3.05, 3.63) is 71.8 Å². The van der Waals surface area contributed by atoms with Gasteiger partial charge in [-0.2, -0.15) is 0 Å². The molecule has 2 aromatic rings. The monoisotopic (exact) mass is 943 g/mol. The molecule has 18 N–H and O–H groups in total. The maximum atomic E-state index is 14.2. The minimum atomic E-state index is -1.45. The molecule has 0 spiro atoms. The van der Waals surface area contributed by atoms with Crippen LogP contribution in [0.2, 0.25) is 0 Å². The second-order valence-electron chi connectivity index (χ2n) is 15.1. The Morgan fingerprint density at radius 1 is 0.692 bits per heavy atom. The summed E-state index contributed by atoms with van der Waals surface area (Å²) in [6, 6.07) is 8.59. The third kappa shape index (κ3) is 19.8. The Kier molecular flexibility index (Phi) is 22.4. The molecular weight excluding hydrogens is 883 g/mol. The molecule has 3 rings (SSSR count). The first-order chi connectivity index (χ1) is 30.9. The standard InChI is InChI=1S/C41H59N13O9S2/c1-23(48-34(57)27(49-24(2)55)15-9-17-46-40(42)43)33(56)53-31-21-64-65-22-32(39(62)63)54-37(60)30(20-26-13-7-4-8-14-26)52-36(59)29(19-25-11-5-3-6-12-25)51-35(58)28(50-38(31)61)16-10-18-47-41(44)45/h3-8,11-14,23,27-32H,9-10,15-22H2,1-2H3,(H,48,57)(H,49,55)(H,50,61)(H,51,58)(H,52,59)(H,53,56)(H,54,60)(H,62,63)(H4,42,43,46)(H4,44,45,47)/p+2/t23-,27-,28-,29-,30-,31+,32-/m0/s1. The lowest BCUT2D eigenvalue weighted by Crippen LogP contribution is -2.78. The van der Waals surface area contributed by atoms with E-state index in [2.05, 4.69) is 47.2 Å². The van der Waals surface area contributed by atoms with Crippen LogP contribution >= 0.6 is 21.6 Å². The molecule has 0 aromatic heterocycles. The fourth-order valence-electron chi connectivity index (χ4n) is 6.33. The van der Waals surface area contributed by atoms with Gasteiger partial charge in [0.1, 0.15) is 42.3 Å². The highest BCUT2D eigenvalue weighted by Gasteiger charge is 2.34. The van der Waals surface area contributed by atoms with Crippen LogP contribution in [0.25, 0.3) is 0 Å². The Balaban J connectivity index is 1.98. The number of hydrogen-bond acceptors (Lipinski definition) is 10. The van der Waals surface area contributed by atoms with Crippen LogP contribution in [-0.4, -0.2) is 131 Å². The van der Waals surface area contributed by atoms with E-state index >= 15 is 0 Å². The number of guanidine groups is 2. The van der Waals surface area contributed by atoms with Crippen LogP contribution in [0.1, 0.15) is 50.7 Å². The maximum Gasteiger partial charge on any atom is 0.338 e. The van der Waals surface area contributed by atoms with Crippen molar-refractivity contribution in [3.63, 3.8) is 0 Å². The molecule has 1 aliphatic heterocycles. The largest absolute Gasteiger partial charge is 0.480 e. The molecule has 65 heavy (non-hydrogen) atoms. The van der Waals surface area contributed by atoms with Crippen LogP contribution in [0.5, 0.6) is 0 Å². The zero-order valence-corrected chi connectivity index (χ0v) is 37.9. The van der Waals surface area contributed by atoms with Crippen molar-refractivity contribution < 1.29 is 53.4 Å². The molecule has 0 saturated carbocycles. The molecular formula is C41H61N13O9S2+2. The second-order valence-corrected chi connectivity index (χ2v) is 17.7. The van der Waals surface area contributed by atoms with Gasteiger partial charge in [-0.15, -0.1) is 0 Å². The van der Waals surface area contributed by atoms with Crippen molar-refractivity contribution >= 4 is 80.8 Å². The van der Waals surface area contributed by atoms with Gasteiger partial charge in [-0.05, 0) is 43.7 Å². The molecule has 1 saturated heterocycles. The van der Waals surface area contributed by atoms with E-state index < -0.39 is 89.6 Å². The summed E-state index contributed by atoms with van der Waals surface area (Å²) >= 11 is 0. The number of amides is 7. The van der Waals surface area contributed by atoms with Gasteiger partial charge in [-0.3, -0.25) is 66.5 Å². The van der Waals surface area contributed by atoms with Crippen molar-refractivity contribution in [1.29, 1.82) is 0 Å². The van der Waals surface area contributed by atoms with E-state index in [1.54, 1.807) is 60.7 Å². The van der Waals surface area contributed by atoms with Crippen molar-refractivity contribution in [3.8, 4) is 0 Å². The summed E-state index contributed by atoms with van der Waals surface area (Å²) < 4.78 is 0. The third-order valence-electron chi connectivity index (χ3n) is 9.71. The normalized spacial score (nSPS) is 20.7. The molecule has 0 radical (unpaired) electrons. The molecule has 0 aliphatic carbocycles. The minimum absolute atomic E-state index is 0.00183. The highest BCUT2D eigenvalue weighted by atomic mass is 33.1. The number of nitrogens with one attached hydrogen (secondary N) is 9. The van der Waals surface area contributed by atoms with Crippen LogP contribution in [0.15, 0.2) is 60.7 Å². The lowest BCUT2D eigenvalue weighted by Gasteiger charge is -2.27. The Bertz CT molecular complexity index is 2010. The number of hydrogen-bond donors (Lipinski definition) is 14. The zero-order valence-electron chi connectivity index (χ0n) is 36.2. The van der Waals surface area contributed by atoms with Gasteiger partial charge < -0.3 is 42.3 Å². The van der Waals surface area contributed by atoms with E-state index in [4.69, 9.17) is 22.9 Å². The summed E-state index contributed by atoms with van der Waals surface area (Å²) in [5.41, 5.74) is 23.3. The summed E-state index contributed by atoms with van der Waals surface area (Å²) in [6.45, 7) is 3.11. The Morgan fingerprint density at radius 2 is 1.18 bits per heavy atom. The summed E-state index contributed by atoms with van der Waals surface area (Å²) in [4.78, 5) is 113. The number of carboxylic acids is 1. The number of nitrogens with two attached hydrogens (primary N) is 4. The van der Waals surface area contributed by atoms with Crippen molar-refractivity contribution in [2.45, 2.75) is 94.7 Å². The fourth-order valence-corrected chi connectivity index (χ4v) is 8.65. The maximum absolute atomic E-state index is 14.2. The molecule has 1 heterocycles. The molecule has 0 bridgehead atoms. The van der Waals surface area contributed by atoms with Crippen molar-refractivity contribution in [1.82, 2.24) is 37.2 Å². The van der Waals surface area contributed by atoms with Crippen LogP contribution in [-0.2, 0) is 51.2 Å². The Labute approximate surface area is 384 Å². The van der Waals surface area contributed by atoms with E-state index in [-0.39, 0.29) is 62.1 Å². The van der Waals surface area contributed by atoms with E-state index in [9.17, 15) is 43.5 Å². The number of aliphatic carboxylic acids is 1. The van der Waals surface area contributed by atoms with Crippen LogP contribution in [0.3, 0.4) is 0 Å². The van der Waals surface area contributed by atoms with Gasteiger partial charge in [0.05, 0.1) is 13.1 Å². The van der Waals surface area contributed by atoms with Crippen LogP contribution in [0.4, 0.5) is 0 Å². The minimum Gasteiger partial charge on any atom is -0.480 e. The average Bonchev–Trinajstić information content (AvgIpc) is 3.25. The van der Waals surface area contributed by atoms with Crippen LogP contribution < -0.4 is 70.1 Å². The van der Waals surface area contributed by atoms with Gasteiger partial charge in [-0.25, -0.2) is 4.79 Å². The Morgan fingerprint density at radius 3 is 1.71 bits per heavy atom. The quantitative estimate of drug-likeness (QED) is 0.0286. The van der Waals surface area contributed by atoms with Gasteiger partial charge in [0.2, 0.25) is 41.4 Å². The topological polar surface area (TPSA) is 373 Å². The molecule has 22 nitrogen and oxygen atoms in total. The molecule has 2 aromatic carbocycles. The number of carbonyl (C=O) groups excluding carboxylic acids is 7. The summed E-state index contributed by atoms with van der Waals surface area (Å²) in [5.74, 6) is -6.92. The first kappa shape index (κ1) is 52.8. The lowest BCUT2D eigenvalue weighted by molar-refractivity contribution is -0.460. The van der Waals surface area contributed by atoms with E-state index in [1.807, 2.05) is 0 Å². The second kappa shape index (κ2) is 27.6. The SMILES string of the molecule is CC(=O)N[C@@H](CCC[NH+]=C(N)N)C(=O)N[C@@H](C)C(=O)N[C@@H]1CSSC[C@@H](C(=O)O)NC(=O)[C@H](Cc2ccccc2)NC(=O)[C@H](Cc2ccccc2)NC(=O)[C@H](CCC[NH+]=C(N)N)NC1=O. The first-order valence-corrected chi connectivity index (χ1v) is 23.3. The highest BCUT2D eigenvalue weighted by molar-refractivity contribution is 8.76. The molecule has 354 valence electrons. The molecule has 1 aliphatic rings. The van der Waals surface area contributed by atoms with Gasteiger partial charge in [0.25, 0.3) is 0 Å². The molecule has 7 atom stereocenters. The smallest absolute Gasteiger partial charge is 0.338 e. The number of carboxylic acid groups (broad SMARTS) is 1. The van der Waals surface area contributed by atoms with Gasteiger partial charge >= 0.3 is 17.9 Å². The number of rotatable bonds is 18. The lowest BCUT2D eigenvalue weighted by atomic mass is 10.0. The zero-order chi connectivity index (χ0) is 47.9. The fraction of sp³-hybridized carbons (Fsp3) is 0.463. The predicted molar refractivity (Wildman–Crippen MR) is 245 cm³/mol. The molecule has 7 amide bonds. The molecule has 24 heteroatoms. The molecule has 0 unspecified atom stereocenters. The number of benzene rings is 2. The van der Waals surface area contributed by atoms with Crippen molar-refractivity contribution in [2.75, 3.05) is 24.6 Å². The number of carbonyl (C=O) groups is 8. The third-order valence-corrected chi connectivity index (χ3v) is 12.1. The van der Waals surface area contributed by atoms with Gasteiger partial charge in [-0.1, -0.05) is 82.3 Å². The summed E-state index contributed by atoms with van der Waals surface area (Å²) in [5, 5.41) is 28.5. The average molecular weight is 944 g/mol.